The van der Waals surface area contributed by atoms with Crippen molar-refractivity contribution >= 4 is 0 Å². The van der Waals surface area contributed by atoms with Crippen molar-refractivity contribution in [3.05, 3.63) is 0 Å². The van der Waals surface area contributed by atoms with Crippen LogP contribution in [0.25, 0.3) is 0 Å². The molecule has 2 rings (SSSR count). The molecule has 3 nitrogen and oxygen atoms in total. The van der Waals surface area contributed by atoms with E-state index in [0.717, 1.165) is 44.1 Å². The lowest BCUT2D eigenvalue weighted by Crippen LogP contribution is -2.52. The molecule has 1 heterocycles. The van der Waals surface area contributed by atoms with Crippen molar-refractivity contribution in [2.24, 2.45) is 17.8 Å². The molecule has 1 saturated heterocycles. The molecule has 5 unspecified atom stereocenters. The van der Waals surface area contributed by atoms with Gasteiger partial charge >= 0.3 is 0 Å². The van der Waals surface area contributed by atoms with Gasteiger partial charge in [-0.3, -0.25) is 0 Å². The van der Waals surface area contributed by atoms with Gasteiger partial charge in [-0.15, -0.1) is 0 Å². The van der Waals surface area contributed by atoms with Crippen LogP contribution in [0.4, 0.5) is 0 Å². The van der Waals surface area contributed by atoms with Gasteiger partial charge in [0, 0.05) is 6.04 Å². The van der Waals surface area contributed by atoms with E-state index in [-0.39, 0.29) is 6.10 Å². The summed E-state index contributed by atoms with van der Waals surface area (Å²) in [7, 11) is 0. The SMILES string of the molecule is CCNC(C1CCC(C)C(C)C1)C1COCCO1. The molecule has 1 saturated carbocycles. The summed E-state index contributed by atoms with van der Waals surface area (Å²) in [6.07, 6.45) is 4.28. The van der Waals surface area contributed by atoms with Crippen LogP contribution in [0.15, 0.2) is 0 Å². The first-order valence-electron chi connectivity index (χ1n) is 7.65. The van der Waals surface area contributed by atoms with Gasteiger partial charge in [0.15, 0.2) is 0 Å². The van der Waals surface area contributed by atoms with E-state index in [1.54, 1.807) is 0 Å². The number of ether oxygens (including phenoxy) is 2. The summed E-state index contributed by atoms with van der Waals surface area (Å²) >= 11 is 0. The predicted octanol–water partition coefficient (Wildman–Crippen LogP) is 2.45. The van der Waals surface area contributed by atoms with E-state index >= 15 is 0 Å². The van der Waals surface area contributed by atoms with E-state index in [4.69, 9.17) is 9.47 Å². The van der Waals surface area contributed by atoms with Crippen molar-refractivity contribution in [1.29, 1.82) is 0 Å². The fourth-order valence-electron chi connectivity index (χ4n) is 3.47. The van der Waals surface area contributed by atoms with Gasteiger partial charge in [-0.25, -0.2) is 0 Å². The van der Waals surface area contributed by atoms with Crippen LogP contribution in [0, 0.1) is 17.8 Å². The Bertz CT molecular complexity index is 241. The zero-order valence-corrected chi connectivity index (χ0v) is 12.2. The fourth-order valence-corrected chi connectivity index (χ4v) is 3.47. The van der Waals surface area contributed by atoms with Crippen LogP contribution in [-0.4, -0.2) is 38.5 Å². The highest BCUT2D eigenvalue weighted by Gasteiger charge is 2.35. The number of rotatable bonds is 4. The van der Waals surface area contributed by atoms with Crippen molar-refractivity contribution in [3.63, 3.8) is 0 Å². The largest absolute Gasteiger partial charge is 0.376 e. The molecule has 1 N–H and O–H groups in total. The van der Waals surface area contributed by atoms with Gasteiger partial charge in [-0.2, -0.15) is 0 Å². The molecule has 2 fully saturated rings. The summed E-state index contributed by atoms with van der Waals surface area (Å²) in [6.45, 7) is 10.3. The lowest BCUT2D eigenvalue weighted by molar-refractivity contribution is -0.112. The van der Waals surface area contributed by atoms with E-state index in [9.17, 15) is 0 Å². The predicted molar refractivity (Wildman–Crippen MR) is 73.7 cm³/mol. The zero-order valence-electron chi connectivity index (χ0n) is 12.2. The van der Waals surface area contributed by atoms with E-state index in [1.165, 1.54) is 19.3 Å². The summed E-state index contributed by atoms with van der Waals surface area (Å²) in [5.74, 6) is 2.48. The van der Waals surface area contributed by atoms with Crippen LogP contribution in [-0.2, 0) is 9.47 Å². The third-order valence-corrected chi connectivity index (χ3v) is 4.83. The molecule has 18 heavy (non-hydrogen) atoms. The molecule has 0 radical (unpaired) electrons. The molecule has 0 aromatic carbocycles. The molecule has 0 aromatic rings. The number of hydrogen-bond acceptors (Lipinski definition) is 3. The van der Waals surface area contributed by atoms with Crippen molar-refractivity contribution in [3.8, 4) is 0 Å². The van der Waals surface area contributed by atoms with Crippen molar-refractivity contribution in [2.75, 3.05) is 26.4 Å². The molecule has 0 amide bonds. The molecular formula is C15H29NO2. The summed E-state index contributed by atoms with van der Waals surface area (Å²) in [5, 5.41) is 3.65. The van der Waals surface area contributed by atoms with Gasteiger partial charge in [0.05, 0.1) is 25.9 Å². The van der Waals surface area contributed by atoms with Gasteiger partial charge < -0.3 is 14.8 Å². The first-order valence-corrected chi connectivity index (χ1v) is 7.65. The monoisotopic (exact) mass is 255 g/mol. The minimum Gasteiger partial charge on any atom is -0.376 e. The second-order valence-corrected chi connectivity index (χ2v) is 6.10. The number of likely N-dealkylation sites (N-methyl/N-ethyl adjacent to an activating group) is 1. The quantitative estimate of drug-likeness (QED) is 0.837. The molecule has 1 aliphatic carbocycles. The van der Waals surface area contributed by atoms with Gasteiger partial charge in [-0.05, 0) is 37.1 Å². The highest BCUT2D eigenvalue weighted by atomic mass is 16.6. The smallest absolute Gasteiger partial charge is 0.0964 e. The second kappa shape index (κ2) is 6.88. The van der Waals surface area contributed by atoms with Crippen molar-refractivity contribution in [1.82, 2.24) is 5.32 Å². The van der Waals surface area contributed by atoms with Crippen LogP contribution in [0.1, 0.15) is 40.0 Å². The van der Waals surface area contributed by atoms with Crippen LogP contribution in [0.5, 0.6) is 0 Å². The maximum absolute atomic E-state index is 5.92. The van der Waals surface area contributed by atoms with Crippen LogP contribution in [0.2, 0.25) is 0 Å². The summed E-state index contributed by atoms with van der Waals surface area (Å²) in [4.78, 5) is 0. The molecule has 2 aliphatic rings. The topological polar surface area (TPSA) is 30.5 Å². The molecule has 1 aliphatic heterocycles. The Balaban J connectivity index is 1.95. The summed E-state index contributed by atoms with van der Waals surface area (Å²) < 4.78 is 11.5. The molecule has 0 spiro atoms. The molecule has 0 bridgehead atoms. The minimum atomic E-state index is 0.254. The first-order chi connectivity index (χ1) is 8.72. The van der Waals surface area contributed by atoms with Gasteiger partial charge in [0.2, 0.25) is 0 Å². The maximum Gasteiger partial charge on any atom is 0.0964 e. The van der Waals surface area contributed by atoms with E-state index in [2.05, 4.69) is 26.1 Å². The van der Waals surface area contributed by atoms with E-state index in [0.29, 0.717) is 6.04 Å². The summed E-state index contributed by atoms with van der Waals surface area (Å²) in [6, 6.07) is 0.477. The Morgan fingerprint density at radius 1 is 1.17 bits per heavy atom. The Kier molecular flexibility index (Phi) is 5.46. The highest BCUT2D eigenvalue weighted by molar-refractivity contribution is 4.89. The highest BCUT2D eigenvalue weighted by Crippen LogP contribution is 2.36. The van der Waals surface area contributed by atoms with Gasteiger partial charge in [0.25, 0.3) is 0 Å². The fraction of sp³-hybridized carbons (Fsp3) is 1.00. The van der Waals surface area contributed by atoms with Crippen molar-refractivity contribution in [2.45, 2.75) is 52.2 Å². The normalized spacial score (nSPS) is 39.5. The Hall–Kier alpha value is -0.120. The van der Waals surface area contributed by atoms with E-state index in [1.807, 2.05) is 0 Å². The average Bonchev–Trinajstić information content (AvgIpc) is 2.40. The van der Waals surface area contributed by atoms with Gasteiger partial charge in [0.1, 0.15) is 0 Å². The van der Waals surface area contributed by atoms with Crippen molar-refractivity contribution < 1.29 is 9.47 Å². The van der Waals surface area contributed by atoms with E-state index < -0.39 is 0 Å². The Morgan fingerprint density at radius 3 is 2.61 bits per heavy atom. The number of hydrogen-bond donors (Lipinski definition) is 1. The lowest BCUT2D eigenvalue weighted by atomic mass is 9.72. The second-order valence-electron chi connectivity index (χ2n) is 6.10. The molecule has 3 heteroatoms. The zero-order chi connectivity index (χ0) is 13.0. The molecular weight excluding hydrogens is 226 g/mol. The van der Waals surface area contributed by atoms with Crippen LogP contribution < -0.4 is 5.32 Å². The lowest BCUT2D eigenvalue weighted by Gasteiger charge is -2.41. The molecule has 0 aromatic heterocycles. The Morgan fingerprint density at radius 2 is 2.00 bits per heavy atom. The number of nitrogens with one attached hydrogen (secondary N) is 1. The van der Waals surface area contributed by atoms with Crippen LogP contribution in [0.3, 0.4) is 0 Å². The van der Waals surface area contributed by atoms with Crippen LogP contribution >= 0.6 is 0 Å². The molecule has 106 valence electrons. The van der Waals surface area contributed by atoms with Gasteiger partial charge in [-0.1, -0.05) is 27.2 Å². The Labute approximate surface area is 112 Å². The minimum absolute atomic E-state index is 0.254. The molecule has 5 atom stereocenters. The third kappa shape index (κ3) is 3.46. The first kappa shape index (κ1) is 14.3. The maximum atomic E-state index is 5.92. The third-order valence-electron chi connectivity index (χ3n) is 4.83. The average molecular weight is 255 g/mol. The summed E-state index contributed by atoms with van der Waals surface area (Å²) in [5.41, 5.74) is 0. The standard InChI is InChI=1S/C15H29NO2/c1-4-16-15(14-10-17-7-8-18-14)13-6-5-11(2)12(3)9-13/h11-16H,4-10H2,1-3H3.